The number of carbonyl (C=O) groups excluding carboxylic acids is 1. The number of aliphatic carboxylic acids is 1. The van der Waals surface area contributed by atoms with Crippen LogP contribution in [0.15, 0.2) is 59.0 Å². The molecule has 0 bridgehead atoms. The van der Waals surface area contributed by atoms with Gasteiger partial charge in [0.2, 0.25) is 0 Å². The summed E-state index contributed by atoms with van der Waals surface area (Å²) in [6, 6.07) is 18.0. The summed E-state index contributed by atoms with van der Waals surface area (Å²) in [5, 5.41) is 21.6. The second kappa shape index (κ2) is 6.95. The first-order chi connectivity index (χ1) is 13.9. The molecule has 0 spiro atoms. The summed E-state index contributed by atoms with van der Waals surface area (Å²) >= 11 is 0. The van der Waals surface area contributed by atoms with E-state index >= 15 is 0 Å². The quantitative estimate of drug-likeness (QED) is 0.714. The Balaban J connectivity index is 1.57. The minimum Gasteiger partial charge on any atom is -0.479 e. The van der Waals surface area contributed by atoms with Crippen LogP contribution in [-0.2, 0) is 17.6 Å². The number of benzene rings is 2. The van der Waals surface area contributed by atoms with Gasteiger partial charge >= 0.3 is 5.97 Å². The summed E-state index contributed by atoms with van der Waals surface area (Å²) in [4.78, 5) is 24.8. The predicted octanol–water partition coefficient (Wildman–Crippen LogP) is 3.48. The minimum atomic E-state index is -1.47. The molecule has 0 fully saturated rings. The first-order valence-electron chi connectivity index (χ1n) is 9.15. The fourth-order valence-electron chi connectivity index (χ4n) is 3.65. The summed E-state index contributed by atoms with van der Waals surface area (Å²) in [5.74, 6) is -1.12. The number of fused-ring (bicyclic) bond motifs is 1. The molecule has 1 heterocycles. The number of hydrogen-bond donors (Lipinski definition) is 2. The van der Waals surface area contributed by atoms with Crippen molar-refractivity contribution in [2.24, 2.45) is 0 Å². The third-order valence-electron chi connectivity index (χ3n) is 5.25. The van der Waals surface area contributed by atoms with Crippen LogP contribution < -0.4 is 5.32 Å². The molecule has 2 aromatic carbocycles. The molecule has 0 saturated carbocycles. The van der Waals surface area contributed by atoms with Gasteiger partial charge in [0.15, 0.2) is 5.76 Å². The smallest absolute Gasteiger partial charge is 0.330 e. The molecule has 29 heavy (non-hydrogen) atoms. The fourth-order valence-corrected chi connectivity index (χ4v) is 3.65. The van der Waals surface area contributed by atoms with Gasteiger partial charge in [0.25, 0.3) is 5.91 Å². The van der Waals surface area contributed by atoms with Gasteiger partial charge in [-0.25, -0.2) is 4.79 Å². The summed E-state index contributed by atoms with van der Waals surface area (Å²) < 4.78 is 5.67. The molecule has 3 aromatic rings. The molecule has 1 aromatic heterocycles. The van der Waals surface area contributed by atoms with E-state index in [0.29, 0.717) is 11.3 Å². The summed E-state index contributed by atoms with van der Waals surface area (Å²) in [7, 11) is 0. The van der Waals surface area contributed by atoms with E-state index in [2.05, 4.69) is 11.4 Å². The average molecular weight is 386 g/mol. The van der Waals surface area contributed by atoms with Crippen molar-refractivity contribution in [2.45, 2.75) is 25.3 Å². The minimum absolute atomic E-state index is 0.0508. The monoisotopic (exact) mass is 386 g/mol. The van der Waals surface area contributed by atoms with E-state index in [1.165, 1.54) is 6.07 Å². The van der Waals surface area contributed by atoms with E-state index in [1.54, 1.807) is 24.3 Å². The number of nitriles is 1. The van der Waals surface area contributed by atoms with E-state index in [-0.39, 0.29) is 18.6 Å². The Kier molecular flexibility index (Phi) is 4.44. The maximum Gasteiger partial charge on any atom is 0.330 e. The van der Waals surface area contributed by atoms with Gasteiger partial charge in [-0.05, 0) is 42.3 Å². The Labute approximate surface area is 167 Å². The molecular formula is C23H18N2O4. The Bertz CT molecular complexity index is 1150. The van der Waals surface area contributed by atoms with Gasteiger partial charge in [-0.1, -0.05) is 35.9 Å². The number of amides is 1. The molecule has 2 N–H and O–H groups in total. The van der Waals surface area contributed by atoms with Crippen molar-refractivity contribution in [1.82, 2.24) is 5.32 Å². The van der Waals surface area contributed by atoms with Crippen molar-refractivity contribution >= 4 is 11.9 Å². The topological polar surface area (TPSA) is 103 Å². The first kappa shape index (κ1) is 18.5. The van der Waals surface area contributed by atoms with Crippen LogP contribution in [0.5, 0.6) is 0 Å². The molecule has 1 atom stereocenters. The summed E-state index contributed by atoms with van der Waals surface area (Å²) in [5.41, 5.74) is 2.51. The van der Waals surface area contributed by atoms with E-state index in [1.807, 2.05) is 31.2 Å². The lowest BCUT2D eigenvalue weighted by molar-refractivity contribution is -0.144. The van der Waals surface area contributed by atoms with Crippen LogP contribution in [0.2, 0.25) is 0 Å². The standard InChI is InChI=1S/C23H18N2O4/c1-14-2-5-16(6-3-14)19-8-9-20(29-19)21(26)25-23(22(27)28)11-17-7-4-15(13-24)10-18(17)12-23/h2-10H,11-12H2,1H3,(H,25,26)(H,27,28). The van der Waals surface area contributed by atoms with Gasteiger partial charge in [0.05, 0.1) is 11.6 Å². The first-order valence-corrected chi connectivity index (χ1v) is 9.15. The number of nitrogens with one attached hydrogen (secondary N) is 1. The van der Waals surface area contributed by atoms with Crippen LogP contribution in [0, 0.1) is 18.3 Å². The molecule has 6 nitrogen and oxygen atoms in total. The molecule has 0 saturated heterocycles. The molecule has 144 valence electrons. The number of carbonyl (C=O) groups is 2. The van der Waals surface area contributed by atoms with Gasteiger partial charge in [-0.2, -0.15) is 5.26 Å². The largest absolute Gasteiger partial charge is 0.479 e. The molecular weight excluding hydrogens is 368 g/mol. The molecule has 6 heteroatoms. The normalized spacial score (nSPS) is 17.4. The SMILES string of the molecule is Cc1ccc(-c2ccc(C(=O)NC3(C(=O)O)Cc4ccc(C#N)cc4C3)o2)cc1. The molecule has 1 amide bonds. The van der Waals surface area contributed by atoms with E-state index in [0.717, 1.165) is 22.3 Å². The number of aryl methyl sites for hydroxylation is 1. The number of hydrogen-bond acceptors (Lipinski definition) is 4. The second-order valence-electron chi connectivity index (χ2n) is 7.32. The zero-order valence-corrected chi connectivity index (χ0v) is 15.7. The van der Waals surface area contributed by atoms with Crippen LogP contribution in [0.4, 0.5) is 0 Å². The fraction of sp³-hybridized carbons (Fsp3) is 0.174. The summed E-state index contributed by atoms with van der Waals surface area (Å²) in [6.45, 7) is 1.98. The average Bonchev–Trinajstić information content (AvgIpc) is 3.33. The highest BCUT2D eigenvalue weighted by atomic mass is 16.4. The Morgan fingerprint density at radius 2 is 1.79 bits per heavy atom. The van der Waals surface area contributed by atoms with Crippen LogP contribution in [0.3, 0.4) is 0 Å². The van der Waals surface area contributed by atoms with Crippen molar-refractivity contribution in [3.63, 3.8) is 0 Å². The number of carboxylic acids is 1. The zero-order valence-electron chi connectivity index (χ0n) is 15.7. The van der Waals surface area contributed by atoms with E-state index in [4.69, 9.17) is 9.68 Å². The van der Waals surface area contributed by atoms with Gasteiger partial charge in [-0.15, -0.1) is 0 Å². The van der Waals surface area contributed by atoms with E-state index < -0.39 is 17.4 Å². The van der Waals surface area contributed by atoms with Gasteiger partial charge in [0.1, 0.15) is 11.3 Å². The number of furan rings is 1. The van der Waals surface area contributed by atoms with Crippen molar-refractivity contribution in [2.75, 3.05) is 0 Å². The van der Waals surface area contributed by atoms with Gasteiger partial charge < -0.3 is 14.8 Å². The molecule has 0 radical (unpaired) electrons. The van der Waals surface area contributed by atoms with Crippen LogP contribution in [0.1, 0.15) is 32.8 Å². The van der Waals surface area contributed by atoms with Crippen LogP contribution in [0.25, 0.3) is 11.3 Å². The predicted molar refractivity (Wildman–Crippen MR) is 105 cm³/mol. The molecule has 4 rings (SSSR count). The molecule has 0 aliphatic heterocycles. The second-order valence-corrected chi connectivity index (χ2v) is 7.32. The lowest BCUT2D eigenvalue weighted by atomic mass is 9.95. The molecule has 1 unspecified atom stereocenters. The molecule has 1 aliphatic carbocycles. The van der Waals surface area contributed by atoms with Crippen molar-refractivity contribution < 1.29 is 19.1 Å². The summed E-state index contributed by atoms with van der Waals surface area (Å²) in [6.07, 6.45) is 0.269. The van der Waals surface area contributed by atoms with Crippen LogP contribution >= 0.6 is 0 Å². The van der Waals surface area contributed by atoms with Crippen molar-refractivity contribution in [3.05, 3.63) is 82.6 Å². The Morgan fingerprint density at radius 3 is 2.48 bits per heavy atom. The highest BCUT2D eigenvalue weighted by molar-refractivity contribution is 5.97. The van der Waals surface area contributed by atoms with Crippen molar-refractivity contribution in [1.29, 1.82) is 5.26 Å². The zero-order chi connectivity index (χ0) is 20.6. The third kappa shape index (κ3) is 3.39. The maximum absolute atomic E-state index is 12.8. The number of rotatable bonds is 4. The maximum atomic E-state index is 12.8. The lowest BCUT2D eigenvalue weighted by Gasteiger charge is -2.24. The van der Waals surface area contributed by atoms with Crippen LogP contribution in [-0.4, -0.2) is 22.5 Å². The van der Waals surface area contributed by atoms with E-state index in [9.17, 15) is 14.7 Å². The number of carboxylic acid groups (broad SMARTS) is 1. The highest BCUT2D eigenvalue weighted by Gasteiger charge is 2.46. The lowest BCUT2D eigenvalue weighted by Crippen LogP contribution is -2.55. The van der Waals surface area contributed by atoms with Gasteiger partial charge in [0, 0.05) is 18.4 Å². The Morgan fingerprint density at radius 1 is 1.07 bits per heavy atom. The van der Waals surface area contributed by atoms with Crippen molar-refractivity contribution in [3.8, 4) is 17.4 Å². The molecule has 1 aliphatic rings. The third-order valence-corrected chi connectivity index (χ3v) is 5.25. The Hall–Kier alpha value is -3.85. The highest BCUT2D eigenvalue weighted by Crippen LogP contribution is 2.32. The number of nitrogens with zero attached hydrogens (tertiary/aromatic N) is 1. The van der Waals surface area contributed by atoms with Gasteiger partial charge in [-0.3, -0.25) is 4.79 Å².